The molecule has 7 heteroatoms. The Balaban J connectivity index is 0.00000220. The zero-order valence-electron chi connectivity index (χ0n) is 11.9. The van der Waals surface area contributed by atoms with E-state index in [0.717, 1.165) is 13.1 Å². The lowest BCUT2D eigenvalue weighted by Gasteiger charge is -2.35. The molecule has 2 atom stereocenters. The van der Waals surface area contributed by atoms with Crippen LogP contribution < -0.4 is 10.1 Å². The predicted molar refractivity (Wildman–Crippen MR) is 87.8 cm³/mol. The normalized spacial score (nSPS) is 19.6. The predicted octanol–water partition coefficient (Wildman–Crippen LogP) is 3.00. The van der Waals surface area contributed by atoms with Crippen molar-refractivity contribution in [1.29, 1.82) is 0 Å². The first-order valence-electron chi connectivity index (χ1n) is 6.61. The van der Waals surface area contributed by atoms with Crippen LogP contribution in [0.5, 0.6) is 5.75 Å². The number of rotatable bonds is 3. The molecule has 1 saturated heterocycles. The van der Waals surface area contributed by atoms with Crippen LogP contribution in [0.15, 0.2) is 18.2 Å². The van der Waals surface area contributed by atoms with E-state index < -0.39 is 6.10 Å². The Hall–Kier alpha value is -0.680. The largest absolute Gasteiger partial charge is 0.481 e. The summed E-state index contributed by atoms with van der Waals surface area (Å²) in [5, 5.41) is 4.23. The van der Waals surface area contributed by atoms with Crippen molar-refractivity contribution in [3.05, 3.63) is 28.2 Å². The van der Waals surface area contributed by atoms with Gasteiger partial charge in [0.15, 0.2) is 6.10 Å². The number of nitrogens with one attached hydrogen (secondary N) is 1. The Morgan fingerprint density at radius 2 is 2.00 bits per heavy atom. The summed E-state index contributed by atoms with van der Waals surface area (Å²) >= 11 is 11.8. The smallest absolute Gasteiger partial charge is 0.263 e. The lowest BCUT2D eigenvalue weighted by molar-refractivity contribution is -0.140. The highest BCUT2D eigenvalue weighted by molar-refractivity contribution is 6.34. The van der Waals surface area contributed by atoms with Crippen molar-refractivity contribution < 1.29 is 9.53 Å². The summed E-state index contributed by atoms with van der Waals surface area (Å²) in [4.78, 5) is 14.2. The average molecular weight is 354 g/mol. The van der Waals surface area contributed by atoms with Gasteiger partial charge in [-0.05, 0) is 32.0 Å². The Morgan fingerprint density at radius 1 is 1.38 bits per heavy atom. The molecule has 0 spiro atoms. The Bertz CT molecular complexity index is 479. The molecule has 0 radical (unpaired) electrons. The van der Waals surface area contributed by atoms with E-state index in [1.165, 1.54) is 0 Å². The highest BCUT2D eigenvalue weighted by Crippen LogP contribution is 2.25. The molecule has 21 heavy (non-hydrogen) atoms. The number of amides is 1. The van der Waals surface area contributed by atoms with Crippen molar-refractivity contribution in [2.24, 2.45) is 0 Å². The summed E-state index contributed by atoms with van der Waals surface area (Å²) in [5.41, 5.74) is 0. The molecular formula is C14H19Cl3N2O2. The first-order valence-corrected chi connectivity index (χ1v) is 7.37. The molecule has 2 rings (SSSR count). The summed E-state index contributed by atoms with van der Waals surface area (Å²) in [5.74, 6) is 0.487. The zero-order chi connectivity index (χ0) is 14.7. The second kappa shape index (κ2) is 8.08. The monoisotopic (exact) mass is 352 g/mol. The fourth-order valence-electron chi connectivity index (χ4n) is 2.25. The molecule has 0 aromatic heterocycles. The van der Waals surface area contributed by atoms with Gasteiger partial charge < -0.3 is 15.0 Å². The van der Waals surface area contributed by atoms with Crippen molar-refractivity contribution in [1.82, 2.24) is 10.2 Å². The van der Waals surface area contributed by atoms with Gasteiger partial charge in [0.2, 0.25) is 0 Å². The van der Waals surface area contributed by atoms with Gasteiger partial charge in [-0.25, -0.2) is 0 Å². The Morgan fingerprint density at radius 3 is 2.57 bits per heavy atom. The van der Waals surface area contributed by atoms with Gasteiger partial charge in [-0.1, -0.05) is 23.2 Å². The molecule has 1 aliphatic rings. The number of ether oxygens (including phenoxy) is 1. The van der Waals surface area contributed by atoms with Crippen LogP contribution in [0.2, 0.25) is 10.0 Å². The molecule has 0 aliphatic carbocycles. The van der Waals surface area contributed by atoms with E-state index in [1.807, 2.05) is 11.8 Å². The Labute approximate surface area is 141 Å². The lowest BCUT2D eigenvalue weighted by atomic mass is 10.2. The number of benzene rings is 1. The van der Waals surface area contributed by atoms with E-state index in [-0.39, 0.29) is 24.4 Å². The fourth-order valence-corrected chi connectivity index (χ4v) is 2.76. The zero-order valence-corrected chi connectivity index (χ0v) is 14.3. The van der Waals surface area contributed by atoms with E-state index in [9.17, 15) is 4.79 Å². The van der Waals surface area contributed by atoms with E-state index in [2.05, 4.69) is 5.32 Å². The van der Waals surface area contributed by atoms with Crippen LogP contribution in [-0.4, -0.2) is 42.6 Å². The van der Waals surface area contributed by atoms with Gasteiger partial charge in [-0.2, -0.15) is 0 Å². The third kappa shape index (κ3) is 4.92. The summed E-state index contributed by atoms with van der Waals surface area (Å²) < 4.78 is 5.66. The van der Waals surface area contributed by atoms with Gasteiger partial charge in [0.05, 0.1) is 0 Å². The summed E-state index contributed by atoms with van der Waals surface area (Å²) in [6, 6.07) is 5.10. The molecule has 1 N–H and O–H groups in total. The number of hydrogen-bond acceptors (Lipinski definition) is 3. The van der Waals surface area contributed by atoms with Crippen LogP contribution >= 0.6 is 35.6 Å². The van der Waals surface area contributed by atoms with Crippen molar-refractivity contribution in [2.45, 2.75) is 26.0 Å². The molecule has 0 saturated carbocycles. The van der Waals surface area contributed by atoms with Crippen molar-refractivity contribution in [3.8, 4) is 5.75 Å². The molecule has 1 aliphatic heterocycles. The van der Waals surface area contributed by atoms with Crippen LogP contribution in [0.4, 0.5) is 0 Å². The number of nitrogens with zero attached hydrogens (tertiary/aromatic N) is 1. The minimum absolute atomic E-state index is 0. The molecule has 1 fully saturated rings. The molecule has 1 unspecified atom stereocenters. The van der Waals surface area contributed by atoms with Crippen LogP contribution in [0.1, 0.15) is 13.8 Å². The van der Waals surface area contributed by atoms with Crippen LogP contribution in [0, 0.1) is 0 Å². The lowest BCUT2D eigenvalue weighted by Crippen LogP contribution is -2.55. The van der Waals surface area contributed by atoms with E-state index in [0.29, 0.717) is 22.3 Å². The molecular weight excluding hydrogens is 335 g/mol. The first-order chi connectivity index (χ1) is 9.47. The highest BCUT2D eigenvalue weighted by Gasteiger charge is 2.27. The average Bonchev–Trinajstić information content (AvgIpc) is 2.37. The minimum atomic E-state index is -0.565. The van der Waals surface area contributed by atoms with Gasteiger partial charge in [0.25, 0.3) is 5.91 Å². The molecule has 4 nitrogen and oxygen atoms in total. The van der Waals surface area contributed by atoms with Crippen LogP contribution in [0.3, 0.4) is 0 Å². The number of hydrogen-bond donors (Lipinski definition) is 1. The minimum Gasteiger partial charge on any atom is -0.481 e. The summed E-state index contributed by atoms with van der Waals surface area (Å²) in [7, 11) is 0. The standard InChI is InChI=1S/C14H18Cl2N2O2.ClH/c1-9-8-17-3-4-18(9)14(19)10(2)20-13-6-11(15)5-12(16)7-13;/h5-7,9-10,17H,3-4,8H2,1-2H3;1H/t9-,10?;/m1./s1. The maximum Gasteiger partial charge on any atom is 0.263 e. The van der Waals surface area contributed by atoms with Crippen molar-refractivity contribution >= 4 is 41.5 Å². The molecule has 1 amide bonds. The number of halogens is 3. The van der Waals surface area contributed by atoms with Gasteiger partial charge in [0.1, 0.15) is 5.75 Å². The third-order valence-corrected chi connectivity index (χ3v) is 3.72. The maximum atomic E-state index is 12.4. The molecule has 1 aromatic carbocycles. The van der Waals surface area contributed by atoms with E-state index >= 15 is 0 Å². The van der Waals surface area contributed by atoms with Gasteiger partial charge in [-0.3, -0.25) is 4.79 Å². The molecule has 0 bridgehead atoms. The third-order valence-electron chi connectivity index (χ3n) is 3.28. The summed E-state index contributed by atoms with van der Waals surface area (Å²) in [6.45, 7) is 6.08. The van der Waals surface area contributed by atoms with Gasteiger partial charge >= 0.3 is 0 Å². The van der Waals surface area contributed by atoms with Crippen LogP contribution in [0.25, 0.3) is 0 Å². The number of piperazine rings is 1. The van der Waals surface area contributed by atoms with Crippen molar-refractivity contribution in [3.63, 3.8) is 0 Å². The Kier molecular flexibility index (Phi) is 7.07. The second-order valence-corrected chi connectivity index (χ2v) is 5.82. The van der Waals surface area contributed by atoms with Crippen LogP contribution in [-0.2, 0) is 4.79 Å². The molecule has 1 aromatic rings. The van der Waals surface area contributed by atoms with Gasteiger partial charge in [-0.15, -0.1) is 12.4 Å². The maximum absolute atomic E-state index is 12.4. The second-order valence-electron chi connectivity index (χ2n) is 4.95. The van der Waals surface area contributed by atoms with Crippen molar-refractivity contribution in [2.75, 3.05) is 19.6 Å². The SMILES string of the molecule is CC(Oc1cc(Cl)cc(Cl)c1)C(=O)N1CCNC[C@H]1C.Cl. The number of carbonyl (C=O) groups excluding carboxylic acids is 1. The van der Waals surface area contributed by atoms with E-state index in [4.69, 9.17) is 27.9 Å². The highest BCUT2D eigenvalue weighted by atomic mass is 35.5. The van der Waals surface area contributed by atoms with E-state index in [1.54, 1.807) is 25.1 Å². The summed E-state index contributed by atoms with van der Waals surface area (Å²) in [6.07, 6.45) is -0.565. The molecule has 118 valence electrons. The fraction of sp³-hybridized carbons (Fsp3) is 0.500. The quantitative estimate of drug-likeness (QED) is 0.908. The first kappa shape index (κ1) is 18.4. The molecule has 1 heterocycles. The van der Waals surface area contributed by atoms with Gasteiger partial charge in [0, 0.05) is 35.7 Å². The topological polar surface area (TPSA) is 41.6 Å². The number of carbonyl (C=O) groups is 1.